The van der Waals surface area contributed by atoms with Gasteiger partial charge in [0.25, 0.3) is 5.91 Å². The monoisotopic (exact) mass is 369 g/mol. The van der Waals surface area contributed by atoms with Crippen LogP contribution in [0.15, 0.2) is 59.7 Å². The summed E-state index contributed by atoms with van der Waals surface area (Å²) in [6.45, 7) is 2.20. The fourth-order valence-corrected chi connectivity index (χ4v) is 3.25. The highest BCUT2D eigenvalue weighted by Crippen LogP contribution is 2.21. The van der Waals surface area contributed by atoms with Crippen molar-refractivity contribution in [3.05, 3.63) is 65.7 Å². The van der Waals surface area contributed by atoms with Crippen LogP contribution in [0.25, 0.3) is 0 Å². The third-order valence-corrected chi connectivity index (χ3v) is 4.73. The van der Waals surface area contributed by atoms with Gasteiger partial charge in [-0.3, -0.25) is 14.5 Å². The Labute approximate surface area is 156 Å². The third kappa shape index (κ3) is 4.64. The Hall–Kier alpha value is -2.80. The number of para-hydroxylation sites is 1. The first-order valence-corrected chi connectivity index (χ1v) is 9.14. The Bertz CT molecular complexity index is 824. The maximum Gasteiger partial charge on any atom is 0.278 e. The number of carbonyl (C=O) groups excluding carboxylic acids is 2. The molecule has 2 aromatic rings. The number of hydrazone groups is 1. The number of rotatable bonds is 6. The molecule has 2 amide bonds. The van der Waals surface area contributed by atoms with E-state index in [9.17, 15) is 9.59 Å². The molecular formula is C19H19N3O3S. The van der Waals surface area contributed by atoms with Gasteiger partial charge in [-0.15, -0.1) is 5.10 Å². The van der Waals surface area contributed by atoms with Crippen LogP contribution >= 0.6 is 11.8 Å². The van der Waals surface area contributed by atoms with E-state index in [1.807, 2.05) is 61.5 Å². The molecule has 6 nitrogen and oxygen atoms in total. The van der Waals surface area contributed by atoms with E-state index in [0.717, 1.165) is 11.1 Å². The minimum atomic E-state index is -0.375. The smallest absolute Gasteiger partial charge is 0.278 e. The van der Waals surface area contributed by atoms with Crippen molar-refractivity contribution in [1.82, 2.24) is 10.3 Å². The average molecular weight is 369 g/mol. The van der Waals surface area contributed by atoms with Crippen LogP contribution in [0.5, 0.6) is 5.75 Å². The van der Waals surface area contributed by atoms with Gasteiger partial charge < -0.3 is 4.74 Å². The molecule has 7 heteroatoms. The van der Waals surface area contributed by atoms with Gasteiger partial charge >= 0.3 is 0 Å². The standard InChI is InChI=1S/C19H19N3O3S/c1-14-7-5-6-10-16(14)25-12-17(23)20-21-19-22(18(24)13-26-19)11-15-8-3-2-4-9-15/h2-10H,11-13H2,1H3,(H,20,23)/b21-19+. The molecule has 0 aliphatic carbocycles. The molecule has 0 aromatic heterocycles. The number of thioether (sulfide) groups is 1. The summed E-state index contributed by atoms with van der Waals surface area (Å²) < 4.78 is 5.49. The van der Waals surface area contributed by atoms with E-state index in [1.54, 1.807) is 4.90 Å². The lowest BCUT2D eigenvalue weighted by molar-refractivity contribution is -0.125. The van der Waals surface area contributed by atoms with E-state index in [1.165, 1.54) is 11.8 Å². The number of aryl methyl sites for hydroxylation is 1. The minimum Gasteiger partial charge on any atom is -0.483 e. The van der Waals surface area contributed by atoms with Gasteiger partial charge in [0.15, 0.2) is 11.8 Å². The highest BCUT2D eigenvalue weighted by atomic mass is 32.2. The first-order chi connectivity index (χ1) is 12.6. The maximum absolute atomic E-state index is 12.1. The molecular weight excluding hydrogens is 350 g/mol. The minimum absolute atomic E-state index is 0.0250. The van der Waals surface area contributed by atoms with E-state index in [-0.39, 0.29) is 18.4 Å². The fraction of sp³-hybridized carbons (Fsp3) is 0.211. The molecule has 0 unspecified atom stereocenters. The Morgan fingerprint density at radius 2 is 1.92 bits per heavy atom. The highest BCUT2D eigenvalue weighted by Gasteiger charge is 2.28. The molecule has 0 spiro atoms. The number of hydrogen-bond donors (Lipinski definition) is 1. The van der Waals surface area contributed by atoms with E-state index >= 15 is 0 Å². The zero-order valence-electron chi connectivity index (χ0n) is 14.3. The summed E-state index contributed by atoms with van der Waals surface area (Å²) >= 11 is 1.31. The first-order valence-electron chi connectivity index (χ1n) is 8.15. The summed E-state index contributed by atoms with van der Waals surface area (Å²) in [5.74, 6) is 0.580. The predicted molar refractivity (Wildman–Crippen MR) is 102 cm³/mol. The molecule has 0 radical (unpaired) electrons. The Balaban J connectivity index is 1.57. The molecule has 3 rings (SSSR count). The molecule has 1 aliphatic heterocycles. The quantitative estimate of drug-likeness (QED) is 0.795. The van der Waals surface area contributed by atoms with Crippen LogP contribution in [0, 0.1) is 6.92 Å². The number of amides is 2. The summed E-state index contributed by atoms with van der Waals surface area (Å²) in [6, 6.07) is 17.1. The Morgan fingerprint density at radius 1 is 1.19 bits per heavy atom. The summed E-state index contributed by atoms with van der Waals surface area (Å²) in [5, 5.41) is 4.58. The third-order valence-electron chi connectivity index (χ3n) is 3.77. The average Bonchev–Trinajstić information content (AvgIpc) is 3.00. The molecule has 26 heavy (non-hydrogen) atoms. The zero-order chi connectivity index (χ0) is 18.4. The van der Waals surface area contributed by atoms with Crippen molar-refractivity contribution in [2.75, 3.05) is 12.4 Å². The lowest BCUT2D eigenvalue weighted by Gasteiger charge is -2.16. The van der Waals surface area contributed by atoms with Crippen molar-refractivity contribution >= 4 is 28.7 Å². The number of amidine groups is 1. The Kier molecular flexibility index (Phi) is 5.91. The van der Waals surface area contributed by atoms with Gasteiger partial charge in [-0.05, 0) is 24.1 Å². The van der Waals surface area contributed by atoms with Crippen molar-refractivity contribution in [2.45, 2.75) is 13.5 Å². The molecule has 0 bridgehead atoms. The predicted octanol–water partition coefficient (Wildman–Crippen LogP) is 2.54. The molecule has 1 N–H and O–H groups in total. The normalized spacial score (nSPS) is 15.3. The van der Waals surface area contributed by atoms with Crippen LogP contribution in [-0.4, -0.2) is 34.2 Å². The lowest BCUT2D eigenvalue weighted by atomic mass is 10.2. The van der Waals surface area contributed by atoms with E-state index < -0.39 is 0 Å². The van der Waals surface area contributed by atoms with Crippen LogP contribution in [0.2, 0.25) is 0 Å². The SMILES string of the molecule is Cc1ccccc1OCC(=O)N/N=C1/SCC(=O)N1Cc1ccccc1. The van der Waals surface area contributed by atoms with E-state index in [4.69, 9.17) is 4.74 Å². The van der Waals surface area contributed by atoms with Gasteiger partial charge in [0.05, 0.1) is 12.3 Å². The van der Waals surface area contributed by atoms with Gasteiger partial charge in [-0.2, -0.15) is 0 Å². The molecule has 1 saturated heterocycles. The number of hydrogen-bond acceptors (Lipinski definition) is 5. The number of nitrogens with one attached hydrogen (secondary N) is 1. The number of benzene rings is 2. The largest absolute Gasteiger partial charge is 0.483 e. The summed E-state index contributed by atoms with van der Waals surface area (Å²) in [7, 11) is 0. The number of nitrogens with zero attached hydrogens (tertiary/aromatic N) is 2. The van der Waals surface area contributed by atoms with Crippen molar-refractivity contribution in [3.63, 3.8) is 0 Å². The van der Waals surface area contributed by atoms with Crippen LogP contribution in [0.1, 0.15) is 11.1 Å². The second kappa shape index (κ2) is 8.53. The van der Waals surface area contributed by atoms with Crippen molar-refractivity contribution in [2.24, 2.45) is 5.10 Å². The van der Waals surface area contributed by atoms with Gasteiger partial charge in [-0.25, -0.2) is 5.43 Å². The van der Waals surface area contributed by atoms with Crippen LogP contribution in [0.4, 0.5) is 0 Å². The van der Waals surface area contributed by atoms with Gasteiger partial charge in [-0.1, -0.05) is 60.3 Å². The molecule has 1 fully saturated rings. The van der Waals surface area contributed by atoms with Crippen molar-refractivity contribution in [1.29, 1.82) is 0 Å². The zero-order valence-corrected chi connectivity index (χ0v) is 15.2. The molecule has 2 aromatic carbocycles. The molecule has 1 heterocycles. The van der Waals surface area contributed by atoms with E-state index in [2.05, 4.69) is 10.5 Å². The van der Waals surface area contributed by atoms with Crippen molar-refractivity contribution < 1.29 is 14.3 Å². The molecule has 0 saturated carbocycles. The van der Waals surface area contributed by atoms with Gasteiger partial charge in [0.1, 0.15) is 5.75 Å². The first kappa shape index (κ1) is 18.0. The number of ether oxygens (including phenoxy) is 1. The molecule has 134 valence electrons. The summed E-state index contributed by atoms with van der Waals surface area (Å²) in [5.41, 5.74) is 4.42. The maximum atomic E-state index is 12.1. The summed E-state index contributed by atoms with van der Waals surface area (Å²) in [6.07, 6.45) is 0. The van der Waals surface area contributed by atoms with Crippen LogP contribution in [0.3, 0.4) is 0 Å². The highest BCUT2D eigenvalue weighted by molar-refractivity contribution is 8.15. The van der Waals surface area contributed by atoms with Gasteiger partial charge in [0, 0.05) is 0 Å². The fourth-order valence-electron chi connectivity index (χ4n) is 2.41. The molecule has 0 atom stereocenters. The summed E-state index contributed by atoms with van der Waals surface area (Å²) in [4.78, 5) is 25.6. The lowest BCUT2D eigenvalue weighted by Crippen LogP contribution is -2.32. The number of carbonyl (C=O) groups is 2. The topological polar surface area (TPSA) is 71.0 Å². The molecule has 1 aliphatic rings. The second-order valence-electron chi connectivity index (χ2n) is 5.74. The van der Waals surface area contributed by atoms with Crippen molar-refractivity contribution in [3.8, 4) is 5.75 Å². The van der Waals surface area contributed by atoms with Crippen LogP contribution < -0.4 is 10.2 Å². The second-order valence-corrected chi connectivity index (χ2v) is 6.68. The Morgan fingerprint density at radius 3 is 2.69 bits per heavy atom. The van der Waals surface area contributed by atoms with Crippen LogP contribution in [-0.2, 0) is 16.1 Å². The van der Waals surface area contributed by atoms with E-state index in [0.29, 0.717) is 23.2 Å². The van der Waals surface area contributed by atoms with Gasteiger partial charge in [0.2, 0.25) is 5.91 Å².